The average Bonchev–Trinajstić information content (AvgIpc) is 2.80. The van der Waals surface area contributed by atoms with E-state index in [2.05, 4.69) is 27.7 Å². The normalized spacial score (nSPS) is 9.06. The molecule has 0 saturated carbocycles. The van der Waals surface area contributed by atoms with E-state index in [4.69, 9.17) is 0 Å². The van der Waals surface area contributed by atoms with Crippen molar-refractivity contribution in [3.05, 3.63) is 0 Å². The van der Waals surface area contributed by atoms with Crippen LogP contribution in [0.1, 0.15) is 131 Å². The van der Waals surface area contributed by atoms with Gasteiger partial charge in [0.05, 0.1) is 0 Å². The average molecular weight is 724 g/mol. The predicted molar refractivity (Wildman–Crippen MR) is 149 cm³/mol. The van der Waals surface area contributed by atoms with E-state index in [0.717, 1.165) is 0 Å². The summed E-state index contributed by atoms with van der Waals surface area (Å²) in [5, 5.41) is 19.5. The molecule has 0 saturated heterocycles. The number of rotatable bonds is 20. The Bertz CT molecular complexity index is 442. The van der Waals surface area contributed by atoms with E-state index >= 15 is 0 Å². The minimum atomic E-state index is -1.28. The summed E-state index contributed by atoms with van der Waals surface area (Å²) in [5.41, 5.74) is 0. The van der Waals surface area contributed by atoms with Crippen LogP contribution in [-0.2, 0) is 19.2 Å². The van der Waals surface area contributed by atoms with Crippen LogP contribution in [0.4, 0.5) is 0 Å². The number of Topliss-reactive ketones (excluding diaryl/α,β-unsaturated/α-hetero) is 2. The first-order valence-electron chi connectivity index (χ1n) is 14.0. The van der Waals surface area contributed by atoms with Gasteiger partial charge in [-0.25, -0.2) is 0 Å². The van der Waals surface area contributed by atoms with Crippen molar-refractivity contribution in [2.45, 2.75) is 149 Å². The monoisotopic (exact) mass is 726 g/mol. The Morgan fingerprint density at radius 3 is 0.889 bits per heavy atom. The third-order valence-corrected chi connectivity index (χ3v) is 12.6. The van der Waals surface area contributed by atoms with Crippen LogP contribution in [0.5, 0.6) is 0 Å². The molecule has 0 bridgehead atoms. The van der Waals surface area contributed by atoms with Gasteiger partial charge in [0.25, 0.3) is 0 Å². The number of carboxylic acids is 2. The molecule has 8 heteroatoms. The van der Waals surface area contributed by atoms with Crippen LogP contribution in [0.2, 0.25) is 17.7 Å². The first-order chi connectivity index (χ1) is 17.2. The number of hydrogen-bond donors (Lipinski definition) is 0. The SMILES string of the molecule is CCCC(=O)CC(=O)[O-].CCCC(=O)CC(=O)[O-].CCC[CH2][Sn+2][CH2]CCC.CCC[CH2][Sn+2][CH2]CCC. The summed E-state index contributed by atoms with van der Waals surface area (Å²) in [6, 6.07) is 0. The van der Waals surface area contributed by atoms with Gasteiger partial charge in [0.2, 0.25) is 0 Å². The molecule has 0 fully saturated rings. The van der Waals surface area contributed by atoms with Gasteiger partial charge in [0.15, 0.2) is 0 Å². The van der Waals surface area contributed by atoms with Crippen LogP contribution in [0, 0.1) is 0 Å². The minimum absolute atomic E-state index is 0.149. The van der Waals surface area contributed by atoms with Crippen molar-refractivity contribution in [1.29, 1.82) is 0 Å². The van der Waals surface area contributed by atoms with E-state index in [1.165, 1.54) is 51.4 Å². The summed E-state index contributed by atoms with van der Waals surface area (Å²) >= 11 is 0.299. The second-order valence-corrected chi connectivity index (χ2v) is 17.2. The van der Waals surface area contributed by atoms with Crippen LogP contribution in [0.25, 0.3) is 0 Å². The number of hydrogen-bond acceptors (Lipinski definition) is 6. The van der Waals surface area contributed by atoms with Crippen molar-refractivity contribution in [2.75, 3.05) is 0 Å². The second-order valence-electron chi connectivity index (χ2n) is 8.59. The Morgan fingerprint density at radius 2 is 0.722 bits per heavy atom. The zero-order valence-electron chi connectivity index (χ0n) is 24.2. The van der Waals surface area contributed by atoms with Crippen molar-refractivity contribution in [3.63, 3.8) is 0 Å². The molecule has 0 radical (unpaired) electrons. The van der Waals surface area contributed by atoms with Gasteiger partial charge in [0, 0.05) is 37.6 Å². The maximum absolute atomic E-state index is 10.4. The molecule has 0 aliphatic rings. The van der Waals surface area contributed by atoms with Crippen LogP contribution in [-0.4, -0.2) is 65.8 Å². The number of aliphatic carboxylic acids is 2. The van der Waals surface area contributed by atoms with E-state index < -0.39 is 24.8 Å². The zero-order valence-corrected chi connectivity index (χ0v) is 29.9. The van der Waals surface area contributed by atoms with Gasteiger partial charge in [0.1, 0.15) is 11.6 Å². The van der Waals surface area contributed by atoms with Gasteiger partial charge >= 0.3 is 139 Å². The topological polar surface area (TPSA) is 114 Å². The first-order valence-corrected chi connectivity index (χ1v) is 22.1. The van der Waals surface area contributed by atoms with Crippen LogP contribution < -0.4 is 10.2 Å². The van der Waals surface area contributed by atoms with E-state index in [0.29, 0.717) is 25.7 Å². The van der Waals surface area contributed by atoms with E-state index in [-0.39, 0.29) is 53.9 Å². The van der Waals surface area contributed by atoms with Crippen molar-refractivity contribution < 1.29 is 29.4 Å². The first kappa shape index (κ1) is 42.9. The molecule has 0 aromatic heterocycles. The summed E-state index contributed by atoms with van der Waals surface area (Å²) in [4.78, 5) is 40.4. The second kappa shape index (κ2) is 39.4. The fourth-order valence-corrected chi connectivity index (χ4v) is 10.8. The van der Waals surface area contributed by atoms with Crippen LogP contribution >= 0.6 is 0 Å². The Morgan fingerprint density at radius 1 is 0.472 bits per heavy atom. The summed E-state index contributed by atoms with van der Waals surface area (Å²) in [7, 11) is 0. The molecular weight excluding hydrogens is 670 g/mol. The van der Waals surface area contributed by atoms with Gasteiger partial charge in [-0.15, -0.1) is 0 Å². The van der Waals surface area contributed by atoms with Crippen LogP contribution in [0.15, 0.2) is 0 Å². The summed E-state index contributed by atoms with van der Waals surface area (Å²) in [5.74, 6) is -3.07. The number of ketones is 2. The Kier molecular flexibility index (Phi) is 47.0. The Balaban J connectivity index is -0.000000190. The Labute approximate surface area is 243 Å². The molecule has 6 nitrogen and oxygen atoms in total. The standard InChI is InChI=1S/2C6H10O3.4C4H9.2Sn/c2*1-2-3-5(7)4-6(8)9;4*1-3-4-2;;/h2*2-4H2,1H3,(H,8,9);4*1,3-4H2,2H3;;/q;;;;;;2*+2/p-2. The van der Waals surface area contributed by atoms with E-state index in [1.807, 2.05) is 13.8 Å². The predicted octanol–water partition coefficient (Wildman–Crippen LogP) is 5.25. The van der Waals surface area contributed by atoms with Gasteiger partial charge in [-0.05, 0) is 12.8 Å². The zero-order chi connectivity index (χ0) is 28.5. The van der Waals surface area contributed by atoms with E-state index in [9.17, 15) is 29.4 Å². The Hall–Kier alpha value is -0.123. The molecule has 0 amide bonds. The molecule has 0 aliphatic heterocycles. The quantitative estimate of drug-likeness (QED) is 0.0964. The molecule has 0 atom stereocenters. The molecular formula is C28H54O6Sn2+2. The van der Waals surface area contributed by atoms with Gasteiger partial charge < -0.3 is 19.8 Å². The summed E-state index contributed by atoms with van der Waals surface area (Å²) in [6.07, 6.45) is 12.9. The third-order valence-electron chi connectivity index (χ3n) is 4.57. The molecule has 0 aliphatic carbocycles. The maximum atomic E-state index is 10.4. The molecule has 0 aromatic carbocycles. The van der Waals surface area contributed by atoms with Crippen molar-refractivity contribution >= 4 is 65.8 Å². The summed E-state index contributed by atoms with van der Waals surface area (Å²) in [6.45, 7) is 12.8. The van der Waals surface area contributed by atoms with Crippen LogP contribution in [0.3, 0.4) is 0 Å². The molecule has 0 unspecified atom stereocenters. The van der Waals surface area contributed by atoms with Crippen molar-refractivity contribution in [3.8, 4) is 0 Å². The van der Waals surface area contributed by atoms with Crippen molar-refractivity contribution in [2.24, 2.45) is 0 Å². The fraction of sp³-hybridized carbons (Fsp3) is 0.857. The fourth-order valence-electron chi connectivity index (χ4n) is 2.51. The van der Waals surface area contributed by atoms with Gasteiger partial charge in [-0.1, -0.05) is 13.8 Å². The third kappa shape index (κ3) is 54.7. The van der Waals surface area contributed by atoms with Gasteiger partial charge in [-0.2, -0.15) is 0 Å². The van der Waals surface area contributed by atoms with Crippen molar-refractivity contribution in [1.82, 2.24) is 0 Å². The number of carbonyl (C=O) groups is 4. The van der Waals surface area contributed by atoms with E-state index in [1.54, 1.807) is 17.7 Å². The molecule has 0 aromatic rings. The molecule has 0 heterocycles. The van der Waals surface area contributed by atoms with Gasteiger partial charge in [-0.3, -0.25) is 9.59 Å². The molecule has 0 spiro atoms. The molecule has 0 N–H and O–H groups in total. The number of unbranched alkanes of at least 4 members (excludes halogenated alkanes) is 4. The molecule has 208 valence electrons. The number of carbonyl (C=O) groups excluding carboxylic acids is 4. The molecule has 0 rings (SSSR count). The number of carboxylic acid groups (broad SMARTS) is 2. The molecule has 36 heavy (non-hydrogen) atoms. The summed E-state index contributed by atoms with van der Waals surface area (Å²) < 4.78 is 6.50.